The van der Waals surface area contributed by atoms with Gasteiger partial charge in [0.15, 0.2) is 0 Å². The summed E-state index contributed by atoms with van der Waals surface area (Å²) in [6.07, 6.45) is 1.73. The molecule has 0 radical (unpaired) electrons. The van der Waals surface area contributed by atoms with E-state index in [0.717, 1.165) is 10.9 Å². The molecule has 1 saturated carbocycles. The van der Waals surface area contributed by atoms with Crippen LogP contribution in [0.1, 0.15) is 25.3 Å². The van der Waals surface area contributed by atoms with Gasteiger partial charge >= 0.3 is 5.97 Å². The van der Waals surface area contributed by atoms with Gasteiger partial charge in [0.1, 0.15) is 11.3 Å². The van der Waals surface area contributed by atoms with E-state index in [9.17, 15) is 9.59 Å². The lowest BCUT2D eigenvalue weighted by molar-refractivity contribution is -0.149. The molecule has 0 amide bonds. The second-order valence-corrected chi connectivity index (χ2v) is 6.88. The van der Waals surface area contributed by atoms with E-state index in [0.29, 0.717) is 19.3 Å². The molecule has 1 aliphatic rings. The minimum Gasteiger partial charge on any atom is -0.468 e. The first-order valence-electron chi connectivity index (χ1n) is 8.31. The number of carbonyl (C=O) groups is 2. The van der Waals surface area contributed by atoms with Gasteiger partial charge in [-0.15, -0.1) is 0 Å². The Hall–Kier alpha value is -2.20. The lowest BCUT2D eigenvalue weighted by Crippen LogP contribution is -2.54. The van der Waals surface area contributed by atoms with Crippen LogP contribution in [0, 0.1) is 11.8 Å². The van der Waals surface area contributed by atoms with Crippen molar-refractivity contribution in [3.8, 4) is 0 Å². The van der Waals surface area contributed by atoms with E-state index in [1.54, 1.807) is 6.92 Å². The summed E-state index contributed by atoms with van der Waals surface area (Å²) in [5.74, 6) is -0.691. The summed E-state index contributed by atoms with van der Waals surface area (Å²) in [6.45, 7) is 1.68. The zero-order valence-corrected chi connectivity index (χ0v) is 14.1. The molecular formula is C20H23NO3. The first-order valence-corrected chi connectivity index (χ1v) is 8.31. The van der Waals surface area contributed by atoms with Gasteiger partial charge in [0.25, 0.3) is 0 Å². The summed E-state index contributed by atoms with van der Waals surface area (Å²) in [5.41, 5.74) is 6.21. The number of ether oxygens (including phenoxy) is 1. The predicted molar refractivity (Wildman–Crippen MR) is 93.5 cm³/mol. The number of benzene rings is 2. The van der Waals surface area contributed by atoms with Gasteiger partial charge in [0.2, 0.25) is 0 Å². The maximum Gasteiger partial charge on any atom is 0.325 e. The van der Waals surface area contributed by atoms with E-state index in [1.807, 2.05) is 12.1 Å². The van der Waals surface area contributed by atoms with Crippen molar-refractivity contribution >= 4 is 22.5 Å². The van der Waals surface area contributed by atoms with E-state index in [2.05, 4.69) is 30.3 Å². The summed E-state index contributed by atoms with van der Waals surface area (Å²) >= 11 is 0. The quantitative estimate of drug-likeness (QED) is 0.878. The Bertz CT molecular complexity index is 781. The lowest BCUT2D eigenvalue weighted by Gasteiger charge is -2.32. The van der Waals surface area contributed by atoms with E-state index in [4.69, 9.17) is 10.5 Å². The molecule has 1 fully saturated rings. The van der Waals surface area contributed by atoms with Crippen molar-refractivity contribution < 1.29 is 14.3 Å². The van der Waals surface area contributed by atoms with Crippen molar-refractivity contribution in [2.24, 2.45) is 17.6 Å². The van der Waals surface area contributed by atoms with E-state index < -0.39 is 11.5 Å². The molecule has 126 valence electrons. The van der Waals surface area contributed by atoms with Gasteiger partial charge in [0, 0.05) is 12.3 Å². The molecule has 0 aliphatic heterocycles. The molecule has 3 rings (SSSR count). The van der Waals surface area contributed by atoms with Crippen LogP contribution in [-0.2, 0) is 20.7 Å². The minimum atomic E-state index is -1.14. The molecule has 3 atom stereocenters. The van der Waals surface area contributed by atoms with Crippen molar-refractivity contribution in [3.05, 3.63) is 48.0 Å². The molecule has 0 unspecified atom stereocenters. The van der Waals surface area contributed by atoms with Crippen molar-refractivity contribution in [1.29, 1.82) is 0 Å². The highest BCUT2D eigenvalue weighted by atomic mass is 16.5. The van der Waals surface area contributed by atoms with Crippen LogP contribution in [0.5, 0.6) is 0 Å². The maximum atomic E-state index is 12.4. The Morgan fingerprint density at radius 1 is 1.25 bits per heavy atom. The van der Waals surface area contributed by atoms with Gasteiger partial charge in [0.05, 0.1) is 7.11 Å². The number of hydrogen-bond acceptors (Lipinski definition) is 4. The SMILES string of the molecule is COC(=O)[C@](C)(N)[C@H]1CCC(=O)[C@H]1Cc1ccc2ccccc2c1. The number of carbonyl (C=O) groups excluding carboxylic acids is 2. The van der Waals surface area contributed by atoms with Crippen LogP contribution in [0.3, 0.4) is 0 Å². The average molecular weight is 325 g/mol. The van der Waals surface area contributed by atoms with Gasteiger partial charge in [-0.3, -0.25) is 9.59 Å². The van der Waals surface area contributed by atoms with Gasteiger partial charge < -0.3 is 10.5 Å². The first-order chi connectivity index (χ1) is 11.4. The van der Waals surface area contributed by atoms with E-state index in [1.165, 1.54) is 12.5 Å². The number of methoxy groups -OCH3 is 1. The summed E-state index contributed by atoms with van der Waals surface area (Å²) in [6, 6.07) is 14.4. The molecule has 2 N–H and O–H groups in total. The minimum absolute atomic E-state index is 0.189. The van der Waals surface area contributed by atoms with Crippen molar-refractivity contribution in [3.63, 3.8) is 0 Å². The molecule has 4 heteroatoms. The number of Topliss-reactive ketones (excluding diaryl/α,β-unsaturated/α-hetero) is 1. The molecule has 0 heterocycles. The highest BCUT2D eigenvalue weighted by Gasteiger charge is 2.48. The van der Waals surface area contributed by atoms with Gasteiger partial charge in [-0.2, -0.15) is 0 Å². The van der Waals surface area contributed by atoms with Crippen LogP contribution in [0.4, 0.5) is 0 Å². The summed E-state index contributed by atoms with van der Waals surface area (Å²) in [7, 11) is 1.34. The van der Waals surface area contributed by atoms with Crippen molar-refractivity contribution in [2.45, 2.75) is 31.7 Å². The standard InChI is InChI=1S/C20H23NO3/c1-20(21,19(23)24-2)17-9-10-18(22)16(17)12-13-7-8-14-5-3-4-6-15(14)11-13/h3-8,11,16-17H,9-10,12,21H2,1-2H3/t16-,17-,20+/m0/s1. The summed E-state index contributed by atoms with van der Waals surface area (Å²) in [5, 5.41) is 2.33. The molecule has 2 aromatic rings. The first kappa shape index (κ1) is 16.7. The number of nitrogens with two attached hydrogens (primary N) is 1. The number of fused-ring (bicyclic) bond motifs is 1. The summed E-state index contributed by atoms with van der Waals surface area (Å²) in [4.78, 5) is 24.4. The van der Waals surface area contributed by atoms with Gasteiger partial charge in [-0.25, -0.2) is 0 Å². The second-order valence-electron chi connectivity index (χ2n) is 6.88. The van der Waals surface area contributed by atoms with Crippen molar-refractivity contribution in [2.75, 3.05) is 7.11 Å². The average Bonchev–Trinajstić information content (AvgIpc) is 2.95. The van der Waals surface area contributed by atoms with Gasteiger partial charge in [-0.1, -0.05) is 42.5 Å². The maximum absolute atomic E-state index is 12.4. The Balaban J connectivity index is 1.87. The predicted octanol–water partition coefficient (Wildman–Crippen LogP) is 2.87. The zero-order chi connectivity index (χ0) is 17.3. The lowest BCUT2D eigenvalue weighted by atomic mass is 9.76. The number of hydrogen-bond donors (Lipinski definition) is 1. The van der Waals surface area contributed by atoms with Crippen LogP contribution in [-0.4, -0.2) is 24.4 Å². The number of ketones is 1. The molecule has 0 bridgehead atoms. The molecule has 24 heavy (non-hydrogen) atoms. The zero-order valence-electron chi connectivity index (χ0n) is 14.1. The third-order valence-corrected chi connectivity index (χ3v) is 5.27. The number of esters is 1. The second kappa shape index (κ2) is 6.36. The highest BCUT2D eigenvalue weighted by molar-refractivity contribution is 5.88. The fourth-order valence-corrected chi connectivity index (χ4v) is 3.87. The molecular weight excluding hydrogens is 302 g/mol. The molecule has 0 saturated heterocycles. The largest absolute Gasteiger partial charge is 0.468 e. The third-order valence-electron chi connectivity index (χ3n) is 5.27. The van der Waals surface area contributed by atoms with Gasteiger partial charge in [-0.05, 0) is 42.0 Å². The van der Waals surface area contributed by atoms with Crippen LogP contribution >= 0.6 is 0 Å². The molecule has 4 nitrogen and oxygen atoms in total. The van der Waals surface area contributed by atoms with Crippen LogP contribution < -0.4 is 5.73 Å². The highest BCUT2D eigenvalue weighted by Crippen LogP contribution is 2.38. The Kier molecular flexibility index (Phi) is 4.41. The smallest absolute Gasteiger partial charge is 0.325 e. The van der Waals surface area contributed by atoms with Crippen LogP contribution in [0.25, 0.3) is 10.8 Å². The molecule has 1 aliphatic carbocycles. The molecule has 0 spiro atoms. The van der Waals surface area contributed by atoms with E-state index in [-0.39, 0.29) is 17.6 Å². The third kappa shape index (κ3) is 2.94. The van der Waals surface area contributed by atoms with Crippen LogP contribution in [0.2, 0.25) is 0 Å². The Morgan fingerprint density at radius 3 is 2.67 bits per heavy atom. The van der Waals surface area contributed by atoms with Crippen molar-refractivity contribution in [1.82, 2.24) is 0 Å². The Labute approximate surface area is 142 Å². The molecule has 2 aromatic carbocycles. The van der Waals surface area contributed by atoms with E-state index >= 15 is 0 Å². The monoisotopic (exact) mass is 325 g/mol. The Morgan fingerprint density at radius 2 is 1.96 bits per heavy atom. The summed E-state index contributed by atoms with van der Waals surface area (Å²) < 4.78 is 4.84. The normalized spacial score (nSPS) is 23.2. The topological polar surface area (TPSA) is 69.4 Å². The fourth-order valence-electron chi connectivity index (χ4n) is 3.87. The molecule has 0 aromatic heterocycles. The fraction of sp³-hybridized carbons (Fsp3) is 0.400. The number of rotatable bonds is 4. The van der Waals surface area contributed by atoms with Crippen LogP contribution in [0.15, 0.2) is 42.5 Å².